The minimum absolute atomic E-state index is 0.119. The molecule has 1 aliphatic rings. The van der Waals surface area contributed by atoms with E-state index < -0.39 is 0 Å². The molecule has 4 rings (SSSR count). The van der Waals surface area contributed by atoms with Crippen LogP contribution in [0.5, 0.6) is 0 Å². The highest BCUT2D eigenvalue weighted by atomic mass is 32.1. The van der Waals surface area contributed by atoms with E-state index in [2.05, 4.69) is 22.3 Å². The van der Waals surface area contributed by atoms with Crippen LogP contribution in [0.25, 0.3) is 11.1 Å². The van der Waals surface area contributed by atoms with Crippen molar-refractivity contribution >= 4 is 22.2 Å². The number of hydrogen-bond donors (Lipinski definition) is 1. The Balaban J connectivity index is 1.57. The zero-order chi connectivity index (χ0) is 19.3. The maximum Gasteiger partial charge on any atom is 0.261 e. The Bertz CT molecular complexity index is 935. The summed E-state index contributed by atoms with van der Waals surface area (Å²) in [5.74, 6) is -0.401. The van der Waals surface area contributed by atoms with Gasteiger partial charge in [0.15, 0.2) is 0 Å². The van der Waals surface area contributed by atoms with Gasteiger partial charge >= 0.3 is 0 Å². The third-order valence-electron chi connectivity index (χ3n) is 4.69. The second kappa shape index (κ2) is 8.54. The lowest BCUT2D eigenvalue weighted by atomic mass is 10.1. The van der Waals surface area contributed by atoms with Crippen molar-refractivity contribution in [2.75, 3.05) is 31.2 Å². The summed E-state index contributed by atoms with van der Waals surface area (Å²) in [7, 11) is 0. The van der Waals surface area contributed by atoms with E-state index >= 15 is 0 Å². The Morgan fingerprint density at radius 1 is 1.07 bits per heavy atom. The quantitative estimate of drug-likeness (QED) is 0.698. The predicted octanol–water partition coefficient (Wildman–Crippen LogP) is 4.32. The molecule has 0 bridgehead atoms. The van der Waals surface area contributed by atoms with Gasteiger partial charge in [0.1, 0.15) is 5.82 Å². The zero-order valence-electron chi connectivity index (χ0n) is 15.4. The number of hydrogen-bond acceptors (Lipinski definition) is 4. The molecule has 0 radical (unpaired) electrons. The van der Waals surface area contributed by atoms with Crippen LogP contribution in [-0.4, -0.2) is 32.2 Å². The third kappa shape index (κ3) is 4.24. The van der Waals surface area contributed by atoms with Crippen molar-refractivity contribution in [1.82, 2.24) is 5.32 Å². The van der Waals surface area contributed by atoms with Crippen molar-refractivity contribution in [1.29, 1.82) is 0 Å². The van der Waals surface area contributed by atoms with Crippen LogP contribution in [0.3, 0.4) is 0 Å². The second-order valence-corrected chi connectivity index (χ2v) is 7.63. The maximum atomic E-state index is 13.0. The smallest absolute Gasteiger partial charge is 0.261 e. The van der Waals surface area contributed by atoms with E-state index in [1.807, 2.05) is 24.3 Å². The molecule has 0 atom stereocenters. The lowest BCUT2D eigenvalue weighted by molar-refractivity contribution is 0.0955. The molecule has 1 fully saturated rings. The molecule has 1 saturated heterocycles. The van der Waals surface area contributed by atoms with E-state index in [4.69, 9.17) is 4.74 Å². The van der Waals surface area contributed by atoms with E-state index in [9.17, 15) is 9.18 Å². The van der Waals surface area contributed by atoms with Gasteiger partial charge < -0.3 is 15.0 Å². The van der Waals surface area contributed by atoms with Gasteiger partial charge in [-0.05, 0) is 29.3 Å². The van der Waals surface area contributed by atoms with Gasteiger partial charge in [0.2, 0.25) is 0 Å². The van der Waals surface area contributed by atoms with Crippen molar-refractivity contribution < 1.29 is 13.9 Å². The minimum Gasteiger partial charge on any atom is -0.378 e. The highest BCUT2D eigenvalue weighted by molar-refractivity contribution is 7.18. The number of anilines is 1. The maximum absolute atomic E-state index is 13.0. The largest absolute Gasteiger partial charge is 0.378 e. The normalized spacial score (nSPS) is 14.1. The summed E-state index contributed by atoms with van der Waals surface area (Å²) in [5, 5.41) is 4.03. The summed E-state index contributed by atoms with van der Waals surface area (Å²) in [5.41, 5.74) is 3.03. The summed E-state index contributed by atoms with van der Waals surface area (Å²) in [6, 6.07) is 18.2. The lowest BCUT2D eigenvalue weighted by Crippen LogP contribution is -2.35. The summed E-state index contributed by atoms with van der Waals surface area (Å²) >= 11 is 1.50. The monoisotopic (exact) mass is 396 g/mol. The Kier molecular flexibility index (Phi) is 5.69. The fourth-order valence-corrected chi connectivity index (χ4v) is 4.34. The number of nitrogens with zero attached hydrogens (tertiary/aromatic N) is 1. The van der Waals surface area contributed by atoms with Crippen LogP contribution in [0.1, 0.15) is 15.2 Å². The average molecular weight is 396 g/mol. The van der Waals surface area contributed by atoms with Crippen molar-refractivity contribution in [2.45, 2.75) is 6.54 Å². The van der Waals surface area contributed by atoms with Crippen LogP contribution >= 0.6 is 11.3 Å². The first-order chi connectivity index (χ1) is 13.7. The standard InChI is InChI=1S/C22H21FN2O2S/c23-18-8-6-16(7-9-18)15-24-21(26)20-14-19(17-4-2-1-3-5-17)22(28-20)25-10-12-27-13-11-25/h1-9,14H,10-13,15H2,(H,24,26). The molecule has 1 amide bonds. The molecule has 4 nitrogen and oxygen atoms in total. The summed E-state index contributed by atoms with van der Waals surface area (Å²) in [6.07, 6.45) is 0. The number of carbonyl (C=O) groups excluding carboxylic acids is 1. The fraction of sp³-hybridized carbons (Fsp3) is 0.227. The Labute approximate surface area is 167 Å². The highest BCUT2D eigenvalue weighted by Crippen LogP contribution is 2.39. The number of rotatable bonds is 5. The van der Waals surface area contributed by atoms with Crippen LogP contribution in [0, 0.1) is 5.82 Å². The number of benzene rings is 2. The van der Waals surface area contributed by atoms with Crippen molar-refractivity contribution in [3.8, 4) is 11.1 Å². The van der Waals surface area contributed by atoms with E-state index in [0.29, 0.717) is 24.6 Å². The zero-order valence-corrected chi connectivity index (χ0v) is 16.2. The van der Waals surface area contributed by atoms with Gasteiger partial charge in [-0.25, -0.2) is 4.39 Å². The Hall–Kier alpha value is -2.70. The van der Waals surface area contributed by atoms with Crippen LogP contribution in [-0.2, 0) is 11.3 Å². The van der Waals surface area contributed by atoms with Gasteiger partial charge in [0, 0.05) is 25.2 Å². The number of carbonyl (C=O) groups is 1. The van der Waals surface area contributed by atoms with Crippen LogP contribution in [0.2, 0.25) is 0 Å². The van der Waals surface area contributed by atoms with E-state index in [-0.39, 0.29) is 11.7 Å². The van der Waals surface area contributed by atoms with Gasteiger partial charge in [-0.15, -0.1) is 11.3 Å². The molecule has 2 aromatic carbocycles. The molecule has 3 aromatic rings. The molecule has 1 aromatic heterocycles. The number of ether oxygens (including phenoxy) is 1. The van der Waals surface area contributed by atoms with Crippen LogP contribution in [0.15, 0.2) is 60.7 Å². The van der Waals surface area contributed by atoms with E-state index in [1.165, 1.54) is 23.5 Å². The molecular weight excluding hydrogens is 375 g/mol. The van der Waals surface area contributed by atoms with Gasteiger partial charge in [0.25, 0.3) is 5.91 Å². The summed E-state index contributed by atoms with van der Waals surface area (Å²) < 4.78 is 18.5. The number of morpholine rings is 1. The molecule has 0 aliphatic carbocycles. The molecule has 1 aliphatic heterocycles. The summed E-state index contributed by atoms with van der Waals surface area (Å²) in [6.45, 7) is 3.38. The van der Waals surface area contributed by atoms with Crippen LogP contribution < -0.4 is 10.2 Å². The number of thiophene rings is 1. The lowest BCUT2D eigenvalue weighted by Gasteiger charge is -2.28. The van der Waals surface area contributed by atoms with Crippen molar-refractivity contribution in [3.05, 3.63) is 76.9 Å². The third-order valence-corrected chi connectivity index (χ3v) is 5.88. The summed E-state index contributed by atoms with van der Waals surface area (Å²) in [4.78, 5) is 15.7. The molecule has 0 saturated carbocycles. The van der Waals surface area contributed by atoms with Gasteiger partial charge in [-0.2, -0.15) is 0 Å². The number of amides is 1. The molecule has 0 unspecified atom stereocenters. The fourth-order valence-electron chi connectivity index (χ4n) is 3.19. The molecule has 144 valence electrons. The number of halogens is 1. The molecule has 28 heavy (non-hydrogen) atoms. The first kappa shape index (κ1) is 18.7. The van der Waals surface area contributed by atoms with Gasteiger partial charge in [0.05, 0.1) is 23.1 Å². The first-order valence-corrected chi connectivity index (χ1v) is 10.1. The van der Waals surface area contributed by atoms with Crippen molar-refractivity contribution in [2.24, 2.45) is 0 Å². The van der Waals surface area contributed by atoms with Crippen molar-refractivity contribution in [3.63, 3.8) is 0 Å². The number of nitrogens with one attached hydrogen (secondary N) is 1. The average Bonchev–Trinajstić information content (AvgIpc) is 3.20. The second-order valence-electron chi connectivity index (χ2n) is 6.60. The molecule has 0 spiro atoms. The highest BCUT2D eigenvalue weighted by Gasteiger charge is 2.21. The van der Waals surface area contributed by atoms with Crippen LogP contribution in [0.4, 0.5) is 9.39 Å². The predicted molar refractivity (Wildman–Crippen MR) is 110 cm³/mol. The Morgan fingerprint density at radius 3 is 2.50 bits per heavy atom. The Morgan fingerprint density at radius 2 is 1.79 bits per heavy atom. The SMILES string of the molecule is O=C(NCc1ccc(F)cc1)c1cc(-c2ccccc2)c(N2CCOCC2)s1. The first-order valence-electron chi connectivity index (χ1n) is 9.25. The van der Waals surface area contributed by atoms with E-state index in [1.54, 1.807) is 12.1 Å². The van der Waals surface area contributed by atoms with Gasteiger partial charge in [-0.1, -0.05) is 42.5 Å². The van der Waals surface area contributed by atoms with Gasteiger partial charge in [-0.3, -0.25) is 4.79 Å². The minimum atomic E-state index is -0.281. The topological polar surface area (TPSA) is 41.6 Å². The molecule has 1 N–H and O–H groups in total. The molecular formula is C22H21FN2O2S. The van der Waals surface area contributed by atoms with E-state index in [0.717, 1.165) is 34.8 Å². The molecule has 2 heterocycles. The molecule has 6 heteroatoms.